The summed E-state index contributed by atoms with van der Waals surface area (Å²) in [6, 6.07) is 1.42. The number of alkyl halides is 1. The monoisotopic (exact) mass is 325 g/mol. The molecule has 0 bridgehead atoms. The van der Waals surface area contributed by atoms with Crippen LogP contribution in [0.1, 0.15) is 34.7 Å². The number of carbonyl (C=O) groups excluding carboxylic acids is 1. The van der Waals surface area contributed by atoms with Crippen LogP contribution in [0.4, 0.5) is 0 Å². The van der Waals surface area contributed by atoms with E-state index in [0.717, 1.165) is 0 Å². The summed E-state index contributed by atoms with van der Waals surface area (Å²) in [5, 5.41) is 0.499. The number of hydrogen-bond acceptors (Lipinski definition) is 3. The van der Waals surface area contributed by atoms with Crippen LogP contribution in [0.25, 0.3) is 0 Å². The third-order valence-corrected chi connectivity index (χ3v) is 2.75. The van der Waals surface area contributed by atoms with Crippen molar-refractivity contribution in [3.63, 3.8) is 0 Å². The molecule has 0 radical (unpaired) electrons. The smallest absolute Gasteiger partial charge is 0.341 e. The van der Waals surface area contributed by atoms with Crippen molar-refractivity contribution >= 4 is 45.1 Å². The summed E-state index contributed by atoms with van der Waals surface area (Å²) < 4.78 is 4.91. The van der Waals surface area contributed by atoms with Crippen LogP contribution in [0.3, 0.4) is 0 Å². The van der Waals surface area contributed by atoms with Gasteiger partial charge in [0.15, 0.2) is 0 Å². The molecule has 1 unspecified atom stereocenters. The highest BCUT2D eigenvalue weighted by Crippen LogP contribution is 2.30. The minimum atomic E-state index is -0.488. The maximum atomic E-state index is 11.7. The lowest BCUT2D eigenvalue weighted by Gasteiger charge is -2.11. The quantitative estimate of drug-likeness (QED) is 0.478. The summed E-state index contributed by atoms with van der Waals surface area (Å²) in [4.78, 5) is 15.6. The molecule has 0 amide bonds. The Labute approximate surface area is 112 Å². The Kier molecular flexibility index (Phi) is 5.02. The molecule has 1 aromatic heterocycles. The Morgan fingerprint density at radius 2 is 2.25 bits per heavy atom. The molecule has 0 aromatic carbocycles. The number of pyridine rings is 1. The van der Waals surface area contributed by atoms with Crippen LogP contribution in [0, 0.1) is 0 Å². The highest BCUT2D eigenvalue weighted by Gasteiger charge is 2.21. The van der Waals surface area contributed by atoms with E-state index < -0.39 is 5.97 Å². The zero-order valence-corrected chi connectivity index (χ0v) is 11.9. The van der Waals surface area contributed by atoms with Crippen molar-refractivity contribution in [1.29, 1.82) is 0 Å². The van der Waals surface area contributed by atoms with Crippen molar-refractivity contribution in [3.05, 3.63) is 27.5 Å². The maximum Gasteiger partial charge on any atom is 0.341 e. The Balaban J connectivity index is 3.29. The van der Waals surface area contributed by atoms with Crippen LogP contribution in [0.5, 0.6) is 0 Å². The second kappa shape index (κ2) is 5.84. The van der Waals surface area contributed by atoms with Gasteiger partial charge in [-0.1, -0.05) is 39.1 Å². The zero-order valence-electron chi connectivity index (χ0n) is 8.76. The fourth-order valence-electron chi connectivity index (χ4n) is 1.20. The van der Waals surface area contributed by atoms with Crippen LogP contribution in [0.2, 0.25) is 10.2 Å². The normalized spacial score (nSPS) is 12.3. The number of nitrogens with zero attached hydrogens (tertiary/aromatic N) is 1. The molecule has 0 aliphatic rings. The molecule has 1 heterocycles. The summed E-state index contributed by atoms with van der Waals surface area (Å²) in [6.45, 7) is 3.85. The van der Waals surface area contributed by atoms with E-state index in [9.17, 15) is 4.79 Å². The lowest BCUT2D eigenvalue weighted by Crippen LogP contribution is -2.11. The van der Waals surface area contributed by atoms with E-state index in [-0.39, 0.29) is 27.2 Å². The van der Waals surface area contributed by atoms with Crippen LogP contribution < -0.4 is 0 Å². The standard InChI is InChI=1S/C10H10BrCl2NO2/c1-3-16-10(15)8-6(12)4-7(13)14-9(8)5(2)11/h4-5H,3H2,1-2H3. The maximum absolute atomic E-state index is 11.7. The third kappa shape index (κ3) is 3.09. The first-order valence-electron chi connectivity index (χ1n) is 4.64. The number of rotatable bonds is 3. The lowest BCUT2D eigenvalue weighted by molar-refractivity contribution is 0.0524. The minimum absolute atomic E-state index is 0.136. The van der Waals surface area contributed by atoms with Crippen LogP contribution >= 0.6 is 39.1 Å². The summed E-state index contributed by atoms with van der Waals surface area (Å²) in [5.74, 6) is -0.488. The number of esters is 1. The van der Waals surface area contributed by atoms with Crippen molar-refractivity contribution in [2.24, 2.45) is 0 Å². The molecule has 0 N–H and O–H groups in total. The summed E-state index contributed by atoms with van der Waals surface area (Å²) in [6.07, 6.45) is 0. The Hall–Kier alpha value is -0.320. The third-order valence-electron chi connectivity index (χ3n) is 1.82. The van der Waals surface area contributed by atoms with E-state index in [4.69, 9.17) is 27.9 Å². The van der Waals surface area contributed by atoms with Crippen molar-refractivity contribution < 1.29 is 9.53 Å². The summed E-state index contributed by atoms with van der Waals surface area (Å²) >= 11 is 15.1. The molecule has 0 spiro atoms. The highest BCUT2D eigenvalue weighted by molar-refractivity contribution is 9.09. The minimum Gasteiger partial charge on any atom is -0.462 e. The van der Waals surface area contributed by atoms with Crippen molar-refractivity contribution in [3.8, 4) is 0 Å². The van der Waals surface area contributed by atoms with E-state index in [1.807, 2.05) is 6.92 Å². The van der Waals surface area contributed by atoms with Gasteiger partial charge in [-0.2, -0.15) is 0 Å². The molecule has 0 aliphatic heterocycles. The Morgan fingerprint density at radius 3 is 2.75 bits per heavy atom. The number of aromatic nitrogens is 1. The second-order valence-electron chi connectivity index (χ2n) is 3.02. The van der Waals surface area contributed by atoms with Crippen LogP contribution in [0.15, 0.2) is 6.07 Å². The summed E-state index contributed by atoms with van der Waals surface area (Å²) in [5.41, 5.74) is 0.744. The average Bonchev–Trinajstić information content (AvgIpc) is 2.16. The van der Waals surface area contributed by atoms with Gasteiger partial charge in [0.1, 0.15) is 10.7 Å². The first kappa shape index (κ1) is 13.7. The predicted octanol–water partition coefficient (Wildman–Crippen LogP) is 4.02. The van der Waals surface area contributed by atoms with Gasteiger partial charge >= 0.3 is 5.97 Å². The van der Waals surface area contributed by atoms with Gasteiger partial charge in [-0.15, -0.1) is 0 Å². The fraction of sp³-hybridized carbons (Fsp3) is 0.400. The highest BCUT2D eigenvalue weighted by atomic mass is 79.9. The van der Waals surface area contributed by atoms with E-state index in [1.165, 1.54) is 6.07 Å². The van der Waals surface area contributed by atoms with Gasteiger partial charge in [-0.25, -0.2) is 9.78 Å². The number of ether oxygens (including phenoxy) is 1. The summed E-state index contributed by atoms with van der Waals surface area (Å²) in [7, 11) is 0. The Morgan fingerprint density at radius 1 is 1.62 bits per heavy atom. The van der Waals surface area contributed by atoms with E-state index in [1.54, 1.807) is 6.92 Å². The average molecular weight is 327 g/mol. The van der Waals surface area contributed by atoms with Gasteiger partial charge in [-0.05, 0) is 19.9 Å². The first-order chi connectivity index (χ1) is 7.47. The van der Waals surface area contributed by atoms with Gasteiger partial charge in [-0.3, -0.25) is 0 Å². The molecule has 1 atom stereocenters. The molecule has 6 heteroatoms. The van der Waals surface area contributed by atoms with Crippen molar-refractivity contribution in [2.45, 2.75) is 18.7 Å². The SMILES string of the molecule is CCOC(=O)c1c(Cl)cc(Cl)nc1C(C)Br. The second-order valence-corrected chi connectivity index (χ2v) is 5.19. The first-order valence-corrected chi connectivity index (χ1v) is 6.31. The number of carbonyl (C=O) groups is 1. The molecule has 3 nitrogen and oxygen atoms in total. The van der Waals surface area contributed by atoms with E-state index in [0.29, 0.717) is 5.69 Å². The zero-order chi connectivity index (χ0) is 12.3. The van der Waals surface area contributed by atoms with Gasteiger partial charge in [0, 0.05) is 0 Å². The molecular weight excluding hydrogens is 317 g/mol. The molecule has 1 rings (SSSR count). The lowest BCUT2D eigenvalue weighted by atomic mass is 10.1. The number of hydrogen-bond donors (Lipinski definition) is 0. The predicted molar refractivity (Wildman–Crippen MR) is 67.6 cm³/mol. The van der Waals surface area contributed by atoms with Crippen molar-refractivity contribution in [2.75, 3.05) is 6.61 Å². The van der Waals surface area contributed by atoms with Gasteiger partial charge in [0.05, 0.1) is 22.2 Å². The molecule has 0 saturated heterocycles. The molecular formula is C10H10BrCl2NO2. The van der Waals surface area contributed by atoms with Crippen LogP contribution in [-0.2, 0) is 4.74 Å². The van der Waals surface area contributed by atoms with E-state index in [2.05, 4.69) is 20.9 Å². The molecule has 1 aromatic rings. The Bertz CT molecular complexity index is 410. The fourth-order valence-corrected chi connectivity index (χ4v) is 2.06. The number of halogens is 3. The van der Waals surface area contributed by atoms with Crippen molar-refractivity contribution in [1.82, 2.24) is 4.98 Å². The van der Waals surface area contributed by atoms with Crippen LogP contribution in [-0.4, -0.2) is 17.6 Å². The topological polar surface area (TPSA) is 39.2 Å². The molecule has 0 fully saturated rings. The van der Waals surface area contributed by atoms with Gasteiger partial charge in [0.2, 0.25) is 0 Å². The molecule has 16 heavy (non-hydrogen) atoms. The molecule has 0 aliphatic carbocycles. The van der Waals surface area contributed by atoms with E-state index >= 15 is 0 Å². The molecule has 88 valence electrons. The van der Waals surface area contributed by atoms with Gasteiger partial charge < -0.3 is 4.74 Å². The largest absolute Gasteiger partial charge is 0.462 e. The molecule has 0 saturated carbocycles. The van der Waals surface area contributed by atoms with Gasteiger partial charge in [0.25, 0.3) is 0 Å².